The van der Waals surface area contributed by atoms with Crippen molar-refractivity contribution in [1.29, 1.82) is 0 Å². The molecule has 0 fully saturated rings. The first kappa shape index (κ1) is 14.5. The SMILES string of the molecule is CC(Cn1cccn1)NS(=O)(=O)Cc1cccc(N)c1. The molecule has 6 nitrogen and oxygen atoms in total. The van der Waals surface area contributed by atoms with Crippen molar-refractivity contribution < 1.29 is 8.42 Å². The zero-order valence-corrected chi connectivity index (χ0v) is 12.0. The van der Waals surface area contributed by atoms with Crippen molar-refractivity contribution >= 4 is 15.7 Å². The minimum atomic E-state index is -3.40. The Bertz CT molecular complexity index is 653. The summed E-state index contributed by atoms with van der Waals surface area (Å²) in [6, 6.07) is 8.44. The molecule has 1 aromatic heterocycles. The van der Waals surface area contributed by atoms with E-state index >= 15 is 0 Å². The van der Waals surface area contributed by atoms with Crippen LogP contribution in [0.15, 0.2) is 42.7 Å². The standard InChI is InChI=1S/C13H18N4O2S/c1-11(9-17-7-3-6-15-17)16-20(18,19)10-12-4-2-5-13(14)8-12/h2-8,11,16H,9-10,14H2,1H3. The van der Waals surface area contributed by atoms with E-state index in [4.69, 9.17) is 5.73 Å². The fourth-order valence-corrected chi connectivity index (χ4v) is 3.37. The van der Waals surface area contributed by atoms with E-state index in [0.29, 0.717) is 17.8 Å². The first-order chi connectivity index (χ1) is 9.44. The highest BCUT2D eigenvalue weighted by Gasteiger charge is 2.15. The fourth-order valence-electron chi connectivity index (χ4n) is 1.98. The molecule has 0 radical (unpaired) electrons. The first-order valence-electron chi connectivity index (χ1n) is 6.26. The predicted molar refractivity (Wildman–Crippen MR) is 78.3 cm³/mol. The van der Waals surface area contributed by atoms with Gasteiger partial charge in [-0.15, -0.1) is 0 Å². The number of nitrogens with one attached hydrogen (secondary N) is 1. The number of nitrogens with zero attached hydrogens (tertiary/aromatic N) is 2. The van der Waals surface area contributed by atoms with Crippen molar-refractivity contribution in [2.75, 3.05) is 5.73 Å². The number of sulfonamides is 1. The monoisotopic (exact) mass is 294 g/mol. The van der Waals surface area contributed by atoms with Gasteiger partial charge >= 0.3 is 0 Å². The van der Waals surface area contributed by atoms with Crippen LogP contribution in [-0.2, 0) is 22.3 Å². The minimum absolute atomic E-state index is 0.0819. The summed E-state index contributed by atoms with van der Waals surface area (Å²) in [6.45, 7) is 2.29. The molecule has 0 aliphatic heterocycles. The Morgan fingerprint density at radius 3 is 2.85 bits per heavy atom. The van der Waals surface area contributed by atoms with Gasteiger partial charge in [0.1, 0.15) is 0 Å². The van der Waals surface area contributed by atoms with E-state index < -0.39 is 10.0 Å². The van der Waals surface area contributed by atoms with E-state index in [1.165, 1.54) is 0 Å². The second-order valence-electron chi connectivity index (χ2n) is 4.75. The number of hydrogen-bond acceptors (Lipinski definition) is 4. The molecule has 0 aliphatic carbocycles. The third kappa shape index (κ3) is 4.36. The third-order valence-electron chi connectivity index (χ3n) is 2.71. The van der Waals surface area contributed by atoms with E-state index in [9.17, 15) is 8.42 Å². The number of aromatic nitrogens is 2. The Morgan fingerprint density at radius 2 is 2.20 bits per heavy atom. The molecule has 0 amide bonds. The van der Waals surface area contributed by atoms with E-state index in [1.807, 2.05) is 0 Å². The number of nitrogens with two attached hydrogens (primary N) is 1. The van der Waals surface area contributed by atoms with Crippen LogP contribution >= 0.6 is 0 Å². The van der Waals surface area contributed by atoms with Gasteiger partial charge < -0.3 is 5.73 Å². The zero-order valence-electron chi connectivity index (χ0n) is 11.2. The van der Waals surface area contributed by atoms with E-state index in [0.717, 1.165) is 0 Å². The molecule has 0 saturated carbocycles. The topological polar surface area (TPSA) is 90.0 Å². The number of rotatable bonds is 6. The molecule has 2 rings (SSSR count). The lowest BCUT2D eigenvalue weighted by atomic mass is 10.2. The number of anilines is 1. The average molecular weight is 294 g/mol. The first-order valence-corrected chi connectivity index (χ1v) is 7.92. The Balaban J connectivity index is 1.96. The summed E-state index contributed by atoms with van der Waals surface area (Å²) in [6.07, 6.45) is 3.46. The molecule has 0 aliphatic rings. The van der Waals surface area contributed by atoms with Gasteiger partial charge in [-0.2, -0.15) is 5.10 Å². The number of benzene rings is 1. The summed E-state index contributed by atoms with van der Waals surface area (Å²) in [7, 11) is -3.40. The molecule has 0 saturated heterocycles. The summed E-state index contributed by atoms with van der Waals surface area (Å²) in [5, 5.41) is 4.05. The lowest BCUT2D eigenvalue weighted by Gasteiger charge is -2.14. The van der Waals surface area contributed by atoms with Crippen LogP contribution in [0.1, 0.15) is 12.5 Å². The molecule has 0 bridgehead atoms. The lowest BCUT2D eigenvalue weighted by molar-refractivity contribution is 0.493. The van der Waals surface area contributed by atoms with Crippen molar-refractivity contribution in [3.05, 3.63) is 48.3 Å². The average Bonchev–Trinajstić information content (AvgIpc) is 2.79. The highest BCUT2D eigenvalue weighted by atomic mass is 32.2. The molecule has 3 N–H and O–H groups in total. The molecule has 108 valence electrons. The number of nitrogen functional groups attached to an aromatic ring is 1. The fraction of sp³-hybridized carbons (Fsp3) is 0.308. The summed E-state index contributed by atoms with van der Waals surface area (Å²) in [5.74, 6) is -0.0819. The zero-order chi connectivity index (χ0) is 14.6. The highest BCUT2D eigenvalue weighted by molar-refractivity contribution is 7.88. The second-order valence-corrected chi connectivity index (χ2v) is 6.50. The van der Waals surface area contributed by atoms with Crippen LogP contribution in [-0.4, -0.2) is 24.2 Å². The molecular weight excluding hydrogens is 276 g/mol. The Kier molecular flexibility index (Phi) is 4.41. The van der Waals surface area contributed by atoms with Crippen molar-refractivity contribution in [2.45, 2.75) is 25.3 Å². The normalized spacial score (nSPS) is 13.2. The van der Waals surface area contributed by atoms with Crippen molar-refractivity contribution in [1.82, 2.24) is 14.5 Å². The van der Waals surface area contributed by atoms with Gasteiger partial charge in [0.05, 0.1) is 12.3 Å². The van der Waals surface area contributed by atoms with Gasteiger partial charge in [0, 0.05) is 24.1 Å². The van der Waals surface area contributed by atoms with Crippen LogP contribution in [0, 0.1) is 0 Å². The quantitative estimate of drug-likeness (QED) is 0.777. The molecule has 1 unspecified atom stereocenters. The van der Waals surface area contributed by atoms with Gasteiger partial charge in [0.15, 0.2) is 0 Å². The highest BCUT2D eigenvalue weighted by Crippen LogP contribution is 2.10. The van der Waals surface area contributed by atoms with E-state index in [-0.39, 0.29) is 11.8 Å². The lowest BCUT2D eigenvalue weighted by Crippen LogP contribution is -2.36. The van der Waals surface area contributed by atoms with Crippen LogP contribution in [0.2, 0.25) is 0 Å². The van der Waals surface area contributed by atoms with Gasteiger partial charge in [-0.05, 0) is 30.7 Å². The third-order valence-corrected chi connectivity index (χ3v) is 4.18. The van der Waals surface area contributed by atoms with Crippen LogP contribution in [0.3, 0.4) is 0 Å². The van der Waals surface area contributed by atoms with Crippen molar-refractivity contribution in [2.24, 2.45) is 0 Å². The van der Waals surface area contributed by atoms with Crippen molar-refractivity contribution in [3.8, 4) is 0 Å². The van der Waals surface area contributed by atoms with Gasteiger partial charge in [-0.25, -0.2) is 13.1 Å². The Morgan fingerprint density at radius 1 is 1.40 bits per heavy atom. The summed E-state index contributed by atoms with van der Waals surface area (Å²) < 4.78 is 28.5. The summed E-state index contributed by atoms with van der Waals surface area (Å²) in [4.78, 5) is 0. The van der Waals surface area contributed by atoms with Gasteiger partial charge in [-0.1, -0.05) is 12.1 Å². The molecule has 1 atom stereocenters. The maximum atomic E-state index is 12.1. The molecule has 0 spiro atoms. The maximum Gasteiger partial charge on any atom is 0.216 e. The van der Waals surface area contributed by atoms with E-state index in [2.05, 4.69) is 9.82 Å². The maximum absolute atomic E-state index is 12.1. The minimum Gasteiger partial charge on any atom is -0.399 e. The van der Waals surface area contributed by atoms with Gasteiger partial charge in [-0.3, -0.25) is 4.68 Å². The Labute approximate surface area is 118 Å². The number of hydrogen-bond donors (Lipinski definition) is 2. The molecule has 1 heterocycles. The Hall–Kier alpha value is -1.86. The largest absolute Gasteiger partial charge is 0.399 e. The molecule has 7 heteroatoms. The van der Waals surface area contributed by atoms with Crippen LogP contribution in [0.5, 0.6) is 0 Å². The second kappa shape index (κ2) is 6.06. The molecule has 20 heavy (non-hydrogen) atoms. The van der Waals surface area contributed by atoms with Gasteiger partial charge in [0.25, 0.3) is 0 Å². The predicted octanol–water partition coefficient (Wildman–Crippen LogP) is 0.973. The summed E-state index contributed by atoms with van der Waals surface area (Å²) in [5.41, 5.74) is 6.87. The summed E-state index contributed by atoms with van der Waals surface area (Å²) >= 11 is 0. The van der Waals surface area contributed by atoms with E-state index in [1.54, 1.807) is 54.3 Å². The smallest absolute Gasteiger partial charge is 0.216 e. The molecular formula is C13H18N4O2S. The van der Waals surface area contributed by atoms with Crippen LogP contribution < -0.4 is 10.5 Å². The van der Waals surface area contributed by atoms with Crippen LogP contribution in [0.4, 0.5) is 5.69 Å². The molecule has 2 aromatic rings. The molecule has 1 aromatic carbocycles. The van der Waals surface area contributed by atoms with Gasteiger partial charge in [0.2, 0.25) is 10.0 Å². The van der Waals surface area contributed by atoms with Crippen LogP contribution in [0.25, 0.3) is 0 Å². The van der Waals surface area contributed by atoms with Crippen molar-refractivity contribution in [3.63, 3.8) is 0 Å².